The summed E-state index contributed by atoms with van der Waals surface area (Å²) in [5.74, 6) is 0.713. The lowest BCUT2D eigenvalue weighted by Crippen LogP contribution is -1.91. The minimum Gasteiger partial charge on any atom is -0.261 e. The maximum atomic E-state index is 4.22. The molecular formula is C11H18BrN. The Morgan fingerprint density at radius 1 is 1.62 bits per heavy atom. The highest BCUT2D eigenvalue weighted by molar-refractivity contribution is 9.11. The van der Waals surface area contributed by atoms with Crippen molar-refractivity contribution in [3.8, 4) is 0 Å². The quantitative estimate of drug-likeness (QED) is 0.639. The monoisotopic (exact) mass is 243 g/mol. The zero-order valence-corrected chi connectivity index (χ0v) is 10.3. The summed E-state index contributed by atoms with van der Waals surface area (Å²) in [7, 11) is 0. The summed E-state index contributed by atoms with van der Waals surface area (Å²) in [6, 6.07) is 0. The highest BCUT2D eigenvalue weighted by Crippen LogP contribution is 2.19. The van der Waals surface area contributed by atoms with Crippen LogP contribution in [0, 0.1) is 5.92 Å². The van der Waals surface area contributed by atoms with Crippen molar-refractivity contribution in [2.45, 2.75) is 33.6 Å². The van der Waals surface area contributed by atoms with Gasteiger partial charge in [-0.1, -0.05) is 42.8 Å². The summed E-state index contributed by atoms with van der Waals surface area (Å²) in [4.78, 5) is 4.22. The van der Waals surface area contributed by atoms with Gasteiger partial charge in [0.15, 0.2) is 0 Å². The first-order chi connectivity index (χ1) is 6.10. The van der Waals surface area contributed by atoms with E-state index in [1.807, 2.05) is 13.1 Å². The molecule has 0 aliphatic carbocycles. The zero-order valence-electron chi connectivity index (χ0n) is 8.68. The third-order valence-electron chi connectivity index (χ3n) is 1.94. The van der Waals surface area contributed by atoms with E-state index in [-0.39, 0.29) is 0 Å². The highest BCUT2D eigenvalue weighted by Gasteiger charge is 1.99. The molecule has 0 aromatic heterocycles. The van der Waals surface area contributed by atoms with Crippen LogP contribution in [0.15, 0.2) is 28.3 Å². The number of hydrogen-bond donors (Lipinski definition) is 0. The fourth-order valence-electron chi connectivity index (χ4n) is 0.754. The molecule has 0 heterocycles. The van der Waals surface area contributed by atoms with Crippen molar-refractivity contribution in [1.82, 2.24) is 0 Å². The van der Waals surface area contributed by atoms with Crippen molar-refractivity contribution >= 4 is 21.6 Å². The number of rotatable bonds is 5. The number of nitrogens with zero attached hydrogens (tertiary/aromatic N) is 1. The fraction of sp³-hybridized carbons (Fsp3) is 0.545. The van der Waals surface area contributed by atoms with Crippen molar-refractivity contribution < 1.29 is 0 Å². The van der Waals surface area contributed by atoms with E-state index in [4.69, 9.17) is 0 Å². The van der Waals surface area contributed by atoms with Gasteiger partial charge in [-0.2, -0.15) is 0 Å². The molecule has 1 unspecified atom stereocenters. The molecule has 0 saturated carbocycles. The normalized spacial score (nSPS) is 15.7. The van der Waals surface area contributed by atoms with E-state index in [0.29, 0.717) is 5.92 Å². The Bertz CT molecular complexity index is 216. The molecule has 0 fully saturated rings. The molecule has 74 valence electrons. The topological polar surface area (TPSA) is 12.4 Å². The molecule has 0 aromatic carbocycles. The lowest BCUT2D eigenvalue weighted by molar-refractivity contribution is 0.569. The van der Waals surface area contributed by atoms with Gasteiger partial charge >= 0.3 is 0 Å². The first-order valence-corrected chi connectivity index (χ1v) is 5.40. The van der Waals surface area contributed by atoms with Crippen LogP contribution >= 0.6 is 15.9 Å². The molecule has 0 aliphatic rings. The lowest BCUT2D eigenvalue weighted by atomic mass is 10.1. The largest absolute Gasteiger partial charge is 0.261 e. The Balaban J connectivity index is 4.09. The molecule has 0 rings (SSSR count). The van der Waals surface area contributed by atoms with E-state index in [1.165, 1.54) is 6.42 Å². The fourth-order valence-corrected chi connectivity index (χ4v) is 1.41. The van der Waals surface area contributed by atoms with Crippen LogP contribution in [0.25, 0.3) is 0 Å². The lowest BCUT2D eigenvalue weighted by Gasteiger charge is -2.05. The van der Waals surface area contributed by atoms with E-state index in [0.717, 1.165) is 16.6 Å². The number of hydrogen-bond acceptors (Lipinski definition) is 1. The molecule has 0 amide bonds. The Kier molecular flexibility index (Phi) is 6.87. The van der Waals surface area contributed by atoms with Crippen LogP contribution in [-0.2, 0) is 0 Å². The van der Waals surface area contributed by atoms with Crippen molar-refractivity contribution in [3.63, 3.8) is 0 Å². The molecule has 0 aromatic rings. The average molecular weight is 244 g/mol. The average Bonchev–Trinajstić information content (AvgIpc) is 2.13. The molecule has 13 heavy (non-hydrogen) atoms. The first kappa shape index (κ1) is 12.6. The molecule has 0 radical (unpaired) electrons. The van der Waals surface area contributed by atoms with Crippen molar-refractivity contribution in [2.75, 3.05) is 0 Å². The van der Waals surface area contributed by atoms with Gasteiger partial charge in [-0.05, 0) is 25.3 Å². The van der Waals surface area contributed by atoms with Gasteiger partial charge in [0, 0.05) is 16.4 Å². The molecule has 1 nitrogen and oxygen atoms in total. The van der Waals surface area contributed by atoms with Crippen LogP contribution in [0.1, 0.15) is 33.6 Å². The zero-order chi connectivity index (χ0) is 10.3. The number of aliphatic imine (C=N–C) groups is 1. The predicted molar refractivity (Wildman–Crippen MR) is 64.4 cm³/mol. The van der Waals surface area contributed by atoms with Crippen molar-refractivity contribution in [2.24, 2.45) is 10.9 Å². The molecule has 0 bridgehead atoms. The Labute approximate surface area is 89.8 Å². The third kappa shape index (κ3) is 6.76. The van der Waals surface area contributed by atoms with Crippen LogP contribution in [0.4, 0.5) is 0 Å². The Morgan fingerprint density at radius 2 is 2.23 bits per heavy atom. The minimum atomic E-state index is 0.713. The maximum absolute atomic E-state index is 4.22. The van der Waals surface area contributed by atoms with Gasteiger partial charge in [0.05, 0.1) is 0 Å². The molecule has 0 spiro atoms. The maximum Gasteiger partial charge on any atom is 0.0372 e. The summed E-state index contributed by atoms with van der Waals surface area (Å²) >= 11 is 3.50. The van der Waals surface area contributed by atoms with E-state index in [1.54, 1.807) is 6.08 Å². The van der Waals surface area contributed by atoms with Crippen LogP contribution in [0.5, 0.6) is 0 Å². The molecular weight excluding hydrogens is 226 g/mol. The van der Waals surface area contributed by atoms with Crippen LogP contribution < -0.4 is 0 Å². The van der Waals surface area contributed by atoms with E-state index < -0.39 is 0 Å². The molecule has 0 saturated heterocycles. The van der Waals surface area contributed by atoms with E-state index in [2.05, 4.69) is 41.3 Å². The third-order valence-corrected chi connectivity index (χ3v) is 2.47. The van der Waals surface area contributed by atoms with Gasteiger partial charge in [-0.25, -0.2) is 0 Å². The summed E-state index contributed by atoms with van der Waals surface area (Å²) in [5.41, 5.74) is 0.945. The smallest absolute Gasteiger partial charge is 0.0372 e. The molecule has 2 heteroatoms. The summed E-state index contributed by atoms with van der Waals surface area (Å²) < 4.78 is 1.16. The van der Waals surface area contributed by atoms with Gasteiger partial charge in [0.2, 0.25) is 0 Å². The highest BCUT2D eigenvalue weighted by atomic mass is 79.9. The first-order valence-electron chi connectivity index (χ1n) is 4.61. The Morgan fingerprint density at radius 3 is 2.69 bits per heavy atom. The second-order valence-corrected chi connectivity index (χ2v) is 4.29. The van der Waals surface area contributed by atoms with Gasteiger partial charge in [0.25, 0.3) is 0 Å². The number of allylic oxidation sites excluding steroid dienone is 2. The summed E-state index contributed by atoms with van der Waals surface area (Å²) in [6.07, 6.45) is 5.88. The second kappa shape index (κ2) is 7.07. The summed E-state index contributed by atoms with van der Waals surface area (Å²) in [5, 5.41) is 0. The van der Waals surface area contributed by atoms with Crippen LogP contribution in [0.2, 0.25) is 0 Å². The minimum absolute atomic E-state index is 0.713. The van der Waals surface area contributed by atoms with E-state index >= 15 is 0 Å². The Hall–Kier alpha value is -0.370. The molecule has 0 aliphatic heterocycles. The van der Waals surface area contributed by atoms with Crippen LogP contribution in [-0.4, -0.2) is 5.71 Å². The van der Waals surface area contributed by atoms with Gasteiger partial charge in [-0.3, -0.25) is 4.99 Å². The second-order valence-electron chi connectivity index (χ2n) is 3.27. The van der Waals surface area contributed by atoms with Gasteiger partial charge < -0.3 is 0 Å². The molecule has 1 atom stereocenters. The van der Waals surface area contributed by atoms with Gasteiger partial charge in [0.1, 0.15) is 0 Å². The van der Waals surface area contributed by atoms with Crippen molar-refractivity contribution in [1.29, 1.82) is 0 Å². The van der Waals surface area contributed by atoms with Gasteiger partial charge in [-0.15, -0.1) is 0 Å². The summed E-state index contributed by atoms with van der Waals surface area (Å²) in [6.45, 7) is 10.0. The SMILES string of the molecule is C=CC(C)=N/C=C(/Br)CC(C)CC. The number of halogens is 1. The van der Waals surface area contributed by atoms with E-state index in [9.17, 15) is 0 Å². The standard InChI is InChI=1S/C11H18BrN/c1-5-9(3)7-11(12)8-13-10(4)6-2/h6,8-9H,2,5,7H2,1,3-4H3/b11-8+,13-10?. The van der Waals surface area contributed by atoms with Crippen LogP contribution in [0.3, 0.4) is 0 Å². The predicted octanol–water partition coefficient (Wildman–Crippen LogP) is 4.31. The molecule has 0 N–H and O–H groups in total. The van der Waals surface area contributed by atoms with Crippen molar-refractivity contribution in [3.05, 3.63) is 23.3 Å².